The average molecular weight is 290 g/mol. The summed E-state index contributed by atoms with van der Waals surface area (Å²) in [5, 5.41) is 4.26. The molecular formula is C16H22N2O3. The first kappa shape index (κ1) is 16.8. The van der Waals surface area contributed by atoms with Gasteiger partial charge in [0.2, 0.25) is 0 Å². The molecule has 2 aromatic rings. The summed E-state index contributed by atoms with van der Waals surface area (Å²) in [5.74, 6) is 0.338. The molecule has 0 N–H and O–H groups in total. The molecule has 5 nitrogen and oxygen atoms in total. The van der Waals surface area contributed by atoms with Gasteiger partial charge in [0.1, 0.15) is 5.75 Å². The van der Waals surface area contributed by atoms with Gasteiger partial charge in [-0.1, -0.05) is 19.9 Å². The lowest BCUT2D eigenvalue weighted by Crippen LogP contribution is -2.07. The molecule has 0 aliphatic rings. The Balaban J connectivity index is 0.00000106. The molecule has 2 rings (SSSR count). The topological polar surface area (TPSA) is 53.3 Å². The summed E-state index contributed by atoms with van der Waals surface area (Å²) in [7, 11) is 1.61. The van der Waals surface area contributed by atoms with E-state index < -0.39 is 5.97 Å². The summed E-state index contributed by atoms with van der Waals surface area (Å²) in [6, 6.07) is 7.46. The Bertz CT molecular complexity index is 591. The van der Waals surface area contributed by atoms with Crippen molar-refractivity contribution >= 4 is 5.97 Å². The zero-order valence-corrected chi connectivity index (χ0v) is 13.2. The molecule has 1 aromatic heterocycles. The van der Waals surface area contributed by atoms with E-state index in [-0.39, 0.29) is 0 Å². The van der Waals surface area contributed by atoms with Crippen LogP contribution in [0.4, 0.5) is 0 Å². The maximum absolute atomic E-state index is 11.7. The van der Waals surface area contributed by atoms with Crippen molar-refractivity contribution in [3.63, 3.8) is 0 Å². The van der Waals surface area contributed by atoms with Gasteiger partial charge in [-0.3, -0.25) is 0 Å². The number of nitrogens with zero attached hydrogens (tertiary/aromatic N) is 2. The summed E-state index contributed by atoms with van der Waals surface area (Å²) in [5.41, 5.74) is 1.95. The zero-order chi connectivity index (χ0) is 15.8. The third-order valence-corrected chi connectivity index (χ3v) is 2.68. The fourth-order valence-electron chi connectivity index (χ4n) is 1.75. The number of carbonyl (C=O) groups is 1. The SMILES string of the molecule is CC.CCOC(=O)c1nn(-c2cccc(OC)c2)cc1C. The van der Waals surface area contributed by atoms with Gasteiger partial charge < -0.3 is 9.47 Å². The second-order valence-electron chi connectivity index (χ2n) is 4.03. The molecule has 0 spiro atoms. The molecule has 5 heteroatoms. The van der Waals surface area contributed by atoms with Gasteiger partial charge in [-0.2, -0.15) is 5.10 Å². The minimum absolute atomic E-state index is 0.338. The number of esters is 1. The van der Waals surface area contributed by atoms with Crippen molar-refractivity contribution in [3.8, 4) is 11.4 Å². The fourth-order valence-corrected chi connectivity index (χ4v) is 1.75. The molecule has 0 amide bonds. The second kappa shape index (κ2) is 8.09. The normalized spacial score (nSPS) is 9.57. The predicted molar refractivity (Wildman–Crippen MR) is 82.2 cm³/mol. The van der Waals surface area contributed by atoms with Crippen LogP contribution in [-0.2, 0) is 4.74 Å². The fraction of sp³-hybridized carbons (Fsp3) is 0.375. The molecule has 0 unspecified atom stereocenters. The van der Waals surface area contributed by atoms with E-state index in [1.807, 2.05) is 45.0 Å². The summed E-state index contributed by atoms with van der Waals surface area (Å²) >= 11 is 0. The summed E-state index contributed by atoms with van der Waals surface area (Å²) in [4.78, 5) is 11.7. The van der Waals surface area contributed by atoms with Crippen molar-refractivity contribution in [1.82, 2.24) is 9.78 Å². The molecule has 0 saturated carbocycles. The van der Waals surface area contributed by atoms with Crippen molar-refractivity contribution in [2.45, 2.75) is 27.7 Å². The summed E-state index contributed by atoms with van der Waals surface area (Å²) < 4.78 is 11.8. The van der Waals surface area contributed by atoms with E-state index in [0.717, 1.165) is 17.0 Å². The third kappa shape index (κ3) is 4.08. The van der Waals surface area contributed by atoms with Crippen molar-refractivity contribution < 1.29 is 14.3 Å². The molecule has 0 atom stereocenters. The number of ether oxygens (including phenoxy) is 2. The summed E-state index contributed by atoms with van der Waals surface area (Å²) in [6.07, 6.45) is 1.79. The highest BCUT2D eigenvalue weighted by Gasteiger charge is 2.15. The minimum Gasteiger partial charge on any atom is -0.497 e. The molecule has 0 saturated heterocycles. The number of hydrogen-bond acceptors (Lipinski definition) is 4. The lowest BCUT2D eigenvalue weighted by atomic mass is 10.3. The van der Waals surface area contributed by atoms with Gasteiger partial charge in [0, 0.05) is 17.8 Å². The van der Waals surface area contributed by atoms with Gasteiger partial charge in [0.25, 0.3) is 0 Å². The predicted octanol–water partition coefficient (Wildman–Crippen LogP) is 3.39. The Morgan fingerprint density at radius 1 is 1.33 bits per heavy atom. The maximum atomic E-state index is 11.7. The average Bonchev–Trinajstić information content (AvgIpc) is 2.92. The number of benzene rings is 1. The van der Waals surface area contributed by atoms with Crippen LogP contribution >= 0.6 is 0 Å². The Kier molecular flexibility index (Phi) is 6.46. The Morgan fingerprint density at radius 3 is 2.67 bits per heavy atom. The molecule has 0 radical (unpaired) electrons. The van der Waals surface area contributed by atoms with Crippen LogP contribution in [0, 0.1) is 6.92 Å². The lowest BCUT2D eigenvalue weighted by molar-refractivity contribution is 0.0518. The number of rotatable bonds is 4. The van der Waals surface area contributed by atoms with Gasteiger partial charge in [0.15, 0.2) is 5.69 Å². The number of aromatic nitrogens is 2. The Hall–Kier alpha value is -2.30. The highest BCUT2D eigenvalue weighted by molar-refractivity contribution is 5.88. The molecule has 0 fully saturated rings. The lowest BCUT2D eigenvalue weighted by Gasteiger charge is -2.04. The molecule has 21 heavy (non-hydrogen) atoms. The van der Waals surface area contributed by atoms with Crippen LogP contribution in [0.5, 0.6) is 5.75 Å². The number of carbonyl (C=O) groups excluding carboxylic acids is 1. The van der Waals surface area contributed by atoms with E-state index in [4.69, 9.17) is 9.47 Å². The number of methoxy groups -OCH3 is 1. The Morgan fingerprint density at radius 2 is 2.05 bits per heavy atom. The smallest absolute Gasteiger partial charge is 0.359 e. The van der Waals surface area contributed by atoms with Crippen LogP contribution in [0.3, 0.4) is 0 Å². The zero-order valence-electron chi connectivity index (χ0n) is 13.2. The highest BCUT2D eigenvalue weighted by Crippen LogP contribution is 2.17. The monoisotopic (exact) mass is 290 g/mol. The number of aryl methyl sites for hydroxylation is 1. The third-order valence-electron chi connectivity index (χ3n) is 2.68. The highest BCUT2D eigenvalue weighted by atomic mass is 16.5. The Labute approximate surface area is 125 Å². The quantitative estimate of drug-likeness (QED) is 0.810. The molecule has 1 aromatic carbocycles. The van der Waals surface area contributed by atoms with Crippen LogP contribution in [-0.4, -0.2) is 29.5 Å². The van der Waals surface area contributed by atoms with Crippen molar-refractivity contribution in [1.29, 1.82) is 0 Å². The van der Waals surface area contributed by atoms with Gasteiger partial charge in [0.05, 0.1) is 19.4 Å². The van der Waals surface area contributed by atoms with E-state index in [1.54, 1.807) is 24.9 Å². The van der Waals surface area contributed by atoms with Crippen molar-refractivity contribution in [2.75, 3.05) is 13.7 Å². The minimum atomic E-state index is -0.401. The van der Waals surface area contributed by atoms with Crippen LogP contribution in [0.25, 0.3) is 5.69 Å². The first-order valence-electron chi connectivity index (χ1n) is 7.03. The molecule has 114 valence electrons. The first-order valence-corrected chi connectivity index (χ1v) is 7.03. The van der Waals surface area contributed by atoms with Gasteiger partial charge in [-0.15, -0.1) is 0 Å². The summed E-state index contributed by atoms with van der Waals surface area (Å²) in [6.45, 7) is 7.94. The molecule has 0 bridgehead atoms. The maximum Gasteiger partial charge on any atom is 0.359 e. The molecule has 0 aliphatic heterocycles. The van der Waals surface area contributed by atoms with E-state index >= 15 is 0 Å². The van der Waals surface area contributed by atoms with Crippen LogP contribution in [0.2, 0.25) is 0 Å². The molecular weight excluding hydrogens is 268 g/mol. The second-order valence-corrected chi connectivity index (χ2v) is 4.03. The molecule has 0 aliphatic carbocycles. The first-order chi connectivity index (χ1) is 10.2. The van der Waals surface area contributed by atoms with E-state index in [0.29, 0.717) is 12.3 Å². The number of hydrogen-bond donors (Lipinski definition) is 0. The largest absolute Gasteiger partial charge is 0.497 e. The van der Waals surface area contributed by atoms with Gasteiger partial charge in [-0.05, 0) is 26.0 Å². The van der Waals surface area contributed by atoms with Crippen molar-refractivity contribution in [2.24, 2.45) is 0 Å². The van der Waals surface area contributed by atoms with Crippen molar-refractivity contribution in [3.05, 3.63) is 41.7 Å². The van der Waals surface area contributed by atoms with Crippen LogP contribution in [0.1, 0.15) is 36.8 Å². The van der Waals surface area contributed by atoms with Crippen LogP contribution < -0.4 is 4.74 Å². The standard InChI is InChI=1S/C14H16N2O3.C2H6/c1-4-19-14(17)13-10(2)9-16(15-13)11-6-5-7-12(8-11)18-3;1-2/h5-9H,4H2,1-3H3;1-2H3. The van der Waals surface area contributed by atoms with Crippen LogP contribution in [0.15, 0.2) is 30.5 Å². The molecule has 1 heterocycles. The van der Waals surface area contributed by atoms with E-state index in [1.165, 1.54) is 0 Å². The van der Waals surface area contributed by atoms with Gasteiger partial charge >= 0.3 is 5.97 Å². The van der Waals surface area contributed by atoms with E-state index in [2.05, 4.69) is 5.10 Å². The van der Waals surface area contributed by atoms with E-state index in [9.17, 15) is 4.79 Å². The van der Waals surface area contributed by atoms with Gasteiger partial charge in [-0.25, -0.2) is 9.48 Å².